The minimum atomic E-state index is -0.352. The van der Waals surface area contributed by atoms with E-state index in [-0.39, 0.29) is 17.3 Å². The second kappa shape index (κ2) is 6.43. The highest BCUT2D eigenvalue weighted by molar-refractivity contribution is 5.79. The third-order valence-electron chi connectivity index (χ3n) is 5.73. The van der Waals surface area contributed by atoms with Crippen LogP contribution in [0, 0.1) is 0 Å². The largest absolute Gasteiger partial charge is 0.441 e. The van der Waals surface area contributed by atoms with Crippen LogP contribution in [0.15, 0.2) is 35.1 Å². The summed E-state index contributed by atoms with van der Waals surface area (Å²) in [6.45, 7) is 3.05. The van der Waals surface area contributed by atoms with Crippen LogP contribution in [0.3, 0.4) is 0 Å². The Morgan fingerprint density at radius 3 is 2.69 bits per heavy atom. The van der Waals surface area contributed by atoms with Gasteiger partial charge >= 0.3 is 6.09 Å². The number of rotatable bonds is 2. The lowest BCUT2D eigenvalue weighted by molar-refractivity contribution is 0.0443. The van der Waals surface area contributed by atoms with Crippen LogP contribution in [0.4, 0.5) is 4.79 Å². The molecule has 2 aromatic rings. The number of aromatic nitrogens is 1. The zero-order chi connectivity index (χ0) is 18.3. The Morgan fingerprint density at radius 2 is 1.92 bits per heavy atom. The fraction of sp³-hybridized carbons (Fsp3) is 0.500. The quantitative estimate of drug-likeness (QED) is 0.830. The Kier molecular flexibility index (Phi) is 4.23. The monoisotopic (exact) mass is 355 g/mol. The molecule has 1 amide bonds. The number of likely N-dealkylation sites (N-methyl/N-ethyl adjacent to an activating group) is 1. The van der Waals surface area contributed by atoms with Gasteiger partial charge in [-0.05, 0) is 36.9 Å². The van der Waals surface area contributed by atoms with Gasteiger partial charge in [0.1, 0.15) is 5.60 Å². The van der Waals surface area contributed by atoms with Gasteiger partial charge in [-0.1, -0.05) is 18.2 Å². The maximum Gasteiger partial charge on any atom is 0.410 e. The van der Waals surface area contributed by atoms with E-state index in [9.17, 15) is 9.59 Å². The molecule has 2 fully saturated rings. The molecule has 2 saturated heterocycles. The average molecular weight is 355 g/mol. The van der Waals surface area contributed by atoms with Crippen molar-refractivity contribution < 1.29 is 9.53 Å². The van der Waals surface area contributed by atoms with Gasteiger partial charge in [-0.15, -0.1) is 0 Å². The van der Waals surface area contributed by atoms with Crippen molar-refractivity contribution >= 4 is 17.0 Å². The van der Waals surface area contributed by atoms with Gasteiger partial charge in [-0.25, -0.2) is 4.79 Å². The number of nitrogens with zero attached hydrogens (tertiary/aromatic N) is 3. The van der Waals surface area contributed by atoms with Crippen molar-refractivity contribution in [2.24, 2.45) is 7.05 Å². The highest BCUT2D eigenvalue weighted by Crippen LogP contribution is 2.32. The molecule has 2 aliphatic heterocycles. The summed E-state index contributed by atoms with van der Waals surface area (Å²) in [5.41, 5.74) is 1.49. The molecule has 1 atom stereocenters. The predicted molar refractivity (Wildman–Crippen MR) is 100 cm³/mol. The Hall–Kier alpha value is -2.34. The van der Waals surface area contributed by atoms with Gasteiger partial charge < -0.3 is 14.2 Å². The topological polar surface area (TPSA) is 54.8 Å². The molecule has 1 spiro atoms. The summed E-state index contributed by atoms with van der Waals surface area (Å²) in [5, 5.41) is 1.09. The summed E-state index contributed by atoms with van der Waals surface area (Å²) < 4.78 is 7.41. The molecule has 0 bridgehead atoms. The number of likely N-dealkylation sites (tertiary alicyclic amines) is 1. The first-order chi connectivity index (χ1) is 12.5. The number of carbonyl (C=O) groups is 1. The molecular formula is C20H25N3O3. The van der Waals surface area contributed by atoms with Crippen LogP contribution < -0.4 is 5.56 Å². The van der Waals surface area contributed by atoms with E-state index < -0.39 is 0 Å². The van der Waals surface area contributed by atoms with Crippen molar-refractivity contribution in [3.63, 3.8) is 0 Å². The Bertz CT molecular complexity index is 907. The molecule has 2 aliphatic rings. The van der Waals surface area contributed by atoms with Crippen LogP contribution in [-0.2, 0) is 18.3 Å². The van der Waals surface area contributed by atoms with E-state index in [0.717, 1.165) is 48.8 Å². The lowest BCUT2D eigenvalue weighted by Crippen LogP contribution is -2.35. The van der Waals surface area contributed by atoms with Gasteiger partial charge in [0.2, 0.25) is 0 Å². The smallest absolute Gasteiger partial charge is 0.410 e. The van der Waals surface area contributed by atoms with Crippen LogP contribution in [0.5, 0.6) is 0 Å². The van der Waals surface area contributed by atoms with Crippen molar-refractivity contribution in [3.05, 3.63) is 46.2 Å². The first-order valence-corrected chi connectivity index (χ1v) is 9.22. The number of aryl methyl sites for hydroxylation is 1. The van der Waals surface area contributed by atoms with Gasteiger partial charge in [0, 0.05) is 39.2 Å². The van der Waals surface area contributed by atoms with E-state index in [4.69, 9.17) is 4.74 Å². The maximum atomic E-state index is 12.7. The maximum absolute atomic E-state index is 12.7. The van der Waals surface area contributed by atoms with Crippen LogP contribution >= 0.6 is 0 Å². The van der Waals surface area contributed by atoms with Gasteiger partial charge in [0.05, 0.1) is 12.1 Å². The third-order valence-corrected chi connectivity index (χ3v) is 5.73. The number of hydrogen-bond acceptors (Lipinski definition) is 4. The van der Waals surface area contributed by atoms with E-state index in [0.29, 0.717) is 13.1 Å². The van der Waals surface area contributed by atoms with E-state index >= 15 is 0 Å². The number of para-hydroxylation sites is 1. The van der Waals surface area contributed by atoms with Crippen molar-refractivity contribution in [2.75, 3.05) is 26.7 Å². The molecular weight excluding hydrogens is 330 g/mol. The average Bonchev–Trinajstić information content (AvgIpc) is 2.78. The molecule has 0 unspecified atom stereocenters. The van der Waals surface area contributed by atoms with Crippen molar-refractivity contribution in [2.45, 2.75) is 31.4 Å². The zero-order valence-electron chi connectivity index (χ0n) is 15.4. The molecule has 6 heteroatoms. The van der Waals surface area contributed by atoms with Gasteiger partial charge in [0.15, 0.2) is 0 Å². The predicted octanol–water partition coefficient (Wildman–Crippen LogP) is 2.35. The minimum Gasteiger partial charge on any atom is -0.441 e. The SMILES string of the molecule is CN1C[C@@]2(CCCN(Cc3cc4ccccc4n(C)c3=O)CC2)OC1=O. The molecule has 6 nitrogen and oxygen atoms in total. The summed E-state index contributed by atoms with van der Waals surface area (Å²) in [6, 6.07) is 9.99. The van der Waals surface area contributed by atoms with Gasteiger partial charge in [-0.2, -0.15) is 0 Å². The molecule has 1 aromatic heterocycles. The second-order valence-electron chi connectivity index (χ2n) is 7.63. The Labute approximate surface area is 153 Å². The Balaban J connectivity index is 1.53. The summed E-state index contributed by atoms with van der Waals surface area (Å²) in [5.74, 6) is 0. The number of pyridine rings is 1. The lowest BCUT2D eigenvalue weighted by atomic mass is 9.95. The normalized spacial score (nSPS) is 24.2. The molecule has 3 heterocycles. The number of fused-ring (bicyclic) bond motifs is 1. The molecule has 1 aromatic carbocycles. The number of hydrogen-bond donors (Lipinski definition) is 0. The molecule has 26 heavy (non-hydrogen) atoms. The van der Waals surface area contributed by atoms with Crippen LogP contribution in [0.1, 0.15) is 24.8 Å². The molecule has 0 aliphatic carbocycles. The zero-order valence-corrected chi connectivity index (χ0v) is 15.4. The highest BCUT2D eigenvalue weighted by Gasteiger charge is 2.44. The van der Waals surface area contributed by atoms with Crippen LogP contribution in [0.25, 0.3) is 10.9 Å². The first-order valence-electron chi connectivity index (χ1n) is 9.22. The van der Waals surface area contributed by atoms with Gasteiger partial charge in [-0.3, -0.25) is 9.69 Å². The number of amides is 1. The van der Waals surface area contributed by atoms with Gasteiger partial charge in [0.25, 0.3) is 5.56 Å². The van der Waals surface area contributed by atoms with Crippen molar-refractivity contribution in [1.29, 1.82) is 0 Å². The molecule has 0 N–H and O–H groups in total. The van der Waals surface area contributed by atoms with E-state index in [1.54, 1.807) is 16.5 Å². The molecule has 4 rings (SSSR count). The summed E-state index contributed by atoms with van der Waals surface area (Å²) in [4.78, 5) is 28.5. The molecule has 138 valence electrons. The summed E-state index contributed by atoms with van der Waals surface area (Å²) in [6.07, 6.45) is 2.45. The van der Waals surface area contributed by atoms with E-state index in [1.807, 2.05) is 37.4 Å². The minimum absolute atomic E-state index is 0.0645. The van der Waals surface area contributed by atoms with Crippen molar-refractivity contribution in [1.82, 2.24) is 14.4 Å². The Morgan fingerprint density at radius 1 is 1.12 bits per heavy atom. The van der Waals surface area contributed by atoms with Crippen LogP contribution in [-0.4, -0.2) is 52.7 Å². The number of benzene rings is 1. The number of carbonyl (C=O) groups excluding carboxylic acids is 1. The standard InChI is InChI=1S/C20H25N3O3/c1-21-14-20(26-19(21)25)8-5-10-23(11-9-20)13-16-12-15-6-3-4-7-17(15)22(2)18(16)24/h3-4,6-7,12H,5,8-11,13-14H2,1-2H3/t20-/m0/s1. The molecule has 0 saturated carbocycles. The summed E-state index contributed by atoms with van der Waals surface area (Å²) in [7, 11) is 3.62. The highest BCUT2D eigenvalue weighted by atomic mass is 16.6. The molecule has 0 radical (unpaired) electrons. The third kappa shape index (κ3) is 2.98. The first kappa shape index (κ1) is 17.1. The second-order valence-corrected chi connectivity index (χ2v) is 7.63. The fourth-order valence-corrected chi connectivity index (χ4v) is 4.28. The lowest BCUT2D eigenvalue weighted by Gasteiger charge is -2.25. The summed E-state index contributed by atoms with van der Waals surface area (Å²) >= 11 is 0. The fourth-order valence-electron chi connectivity index (χ4n) is 4.28. The van der Waals surface area contributed by atoms with Crippen molar-refractivity contribution in [3.8, 4) is 0 Å². The van der Waals surface area contributed by atoms with Crippen LogP contribution in [0.2, 0.25) is 0 Å². The van der Waals surface area contributed by atoms with E-state index in [1.165, 1.54) is 0 Å². The number of ether oxygens (including phenoxy) is 1. The van der Waals surface area contributed by atoms with E-state index in [2.05, 4.69) is 4.90 Å².